The van der Waals surface area contributed by atoms with Crippen molar-refractivity contribution in [2.24, 2.45) is 17.0 Å². The van der Waals surface area contributed by atoms with Crippen molar-refractivity contribution in [2.45, 2.75) is 30.9 Å². The number of nitrogens with two attached hydrogens (primary N) is 1. The molecule has 0 bridgehead atoms. The SMILES string of the molecule is CC(C)(O/N=C(\C(=O)N[C@@H]1C(=O)N2C(C(=O)[O-])=C(C[N+]3(C)C[C@H]4CN(C(=O)c5cc(=O)c(O)c[nH]5)C[C@H]4C3)CS[C@H]12)c1csc(N)n1)C(=O)[O-].[Na+]. The van der Waals surface area contributed by atoms with E-state index in [1.54, 1.807) is 4.90 Å². The van der Waals surface area contributed by atoms with Crippen LogP contribution < -0.4 is 56.2 Å². The fourth-order valence-corrected chi connectivity index (χ4v) is 8.76. The minimum absolute atomic E-state index is 0. The third kappa shape index (κ3) is 7.38. The van der Waals surface area contributed by atoms with Crippen LogP contribution in [0.2, 0.25) is 0 Å². The second-order valence-corrected chi connectivity index (χ2v) is 15.5. The van der Waals surface area contributed by atoms with Gasteiger partial charge in [0.2, 0.25) is 5.43 Å². The fourth-order valence-electron chi connectivity index (χ4n) is 6.87. The van der Waals surface area contributed by atoms with Gasteiger partial charge >= 0.3 is 29.6 Å². The van der Waals surface area contributed by atoms with Crippen LogP contribution in [0.1, 0.15) is 30.0 Å². The number of quaternary nitrogens is 1. The minimum Gasteiger partial charge on any atom is -0.546 e. The standard InChI is InChI=1S/C30H34N8O10S2.Na/c1-30(2,28(46)47)48-35-20(17-12-50-29(31)33-17)23(41)34-21-25(43)37-22(27(44)45)15(11-49-26(21)37)10-38(3)8-13-6-36(7-14(13)9-38)24(42)16-4-18(39)19(40)5-32-16;/h4-5,12-14,21,26H,6-11H2,1-3H3,(H6-,31,32,33,34,35,39,40,41,42,44,45,46,47);/q;+1/p-1/t13-,14+,21-,26-,38?;/m1./s1. The second-order valence-electron chi connectivity index (χ2n) is 13.5. The molecule has 0 saturated carbocycles. The average Bonchev–Trinajstić information content (AvgIpc) is 3.73. The second kappa shape index (κ2) is 14.2. The number of rotatable bonds is 10. The van der Waals surface area contributed by atoms with Crippen molar-refractivity contribution in [1.29, 1.82) is 0 Å². The smallest absolute Gasteiger partial charge is 0.546 e. The van der Waals surface area contributed by atoms with Crippen LogP contribution in [0.3, 0.4) is 0 Å². The Bertz CT molecular complexity index is 1910. The number of hydrogen-bond donors (Lipinski definition) is 4. The molecule has 4 aliphatic rings. The van der Waals surface area contributed by atoms with Crippen LogP contribution >= 0.6 is 23.1 Å². The summed E-state index contributed by atoms with van der Waals surface area (Å²) in [4.78, 5) is 90.0. The number of nitrogens with one attached hydrogen (secondary N) is 2. The van der Waals surface area contributed by atoms with Crippen LogP contribution in [0.4, 0.5) is 5.13 Å². The van der Waals surface area contributed by atoms with Crippen LogP contribution in [0.5, 0.6) is 5.75 Å². The van der Waals surface area contributed by atoms with Gasteiger partial charge in [-0.3, -0.25) is 24.1 Å². The number of nitrogen functional groups attached to an aromatic ring is 1. The molecule has 51 heavy (non-hydrogen) atoms. The van der Waals surface area contributed by atoms with Crippen molar-refractivity contribution >= 4 is 63.6 Å². The number of thiazole rings is 1. The van der Waals surface area contributed by atoms with Crippen molar-refractivity contribution in [2.75, 3.05) is 51.3 Å². The first-order valence-electron chi connectivity index (χ1n) is 15.4. The van der Waals surface area contributed by atoms with Gasteiger partial charge in [0.25, 0.3) is 17.7 Å². The number of β-lactam (4-membered cyclic amide) rings is 1. The van der Waals surface area contributed by atoms with Crippen LogP contribution in [0, 0.1) is 11.8 Å². The number of likely N-dealkylation sites (tertiary alicyclic amines) is 2. The number of hydrogen-bond acceptors (Lipinski definition) is 15. The van der Waals surface area contributed by atoms with Gasteiger partial charge < -0.3 is 55.2 Å². The monoisotopic (exact) mass is 752 g/mol. The summed E-state index contributed by atoms with van der Waals surface area (Å²) in [6, 6.07) is -0.0678. The van der Waals surface area contributed by atoms with Crippen LogP contribution in [0.25, 0.3) is 0 Å². The molecule has 0 aliphatic carbocycles. The van der Waals surface area contributed by atoms with Gasteiger partial charge in [-0.25, -0.2) is 4.98 Å². The Kier molecular flexibility index (Phi) is 10.7. The Labute approximate surface area is 320 Å². The first-order valence-corrected chi connectivity index (χ1v) is 17.3. The van der Waals surface area contributed by atoms with Crippen LogP contribution in [0.15, 0.2) is 38.9 Å². The number of pyridine rings is 1. The molecule has 266 valence electrons. The number of aromatic hydroxyl groups is 1. The molecule has 3 amide bonds. The number of oxime groups is 1. The minimum atomic E-state index is -1.90. The molecule has 6 rings (SSSR count). The van der Waals surface area contributed by atoms with Gasteiger partial charge in [0.15, 0.2) is 22.2 Å². The number of nitrogens with zero attached hydrogens (tertiary/aromatic N) is 5. The Morgan fingerprint density at radius 3 is 2.45 bits per heavy atom. The van der Waals surface area contributed by atoms with Gasteiger partial charge in [-0.05, 0) is 13.8 Å². The summed E-state index contributed by atoms with van der Waals surface area (Å²) in [5.74, 6) is -5.03. The Morgan fingerprint density at radius 2 is 1.88 bits per heavy atom. The number of carboxylic acids is 2. The molecule has 3 saturated heterocycles. The number of H-pyrrole nitrogens is 1. The molecule has 6 heterocycles. The van der Waals surface area contributed by atoms with E-state index >= 15 is 0 Å². The predicted octanol–water partition coefficient (Wildman–Crippen LogP) is -6.38. The number of likely N-dealkylation sites (N-methyl/N-ethyl adjacent to an activating group) is 1. The summed E-state index contributed by atoms with van der Waals surface area (Å²) in [5.41, 5.74) is 3.04. The van der Waals surface area contributed by atoms with Gasteiger partial charge in [-0.2, -0.15) is 0 Å². The van der Waals surface area contributed by atoms with Gasteiger partial charge in [0, 0.05) is 53.9 Å². The first-order chi connectivity index (χ1) is 23.5. The average molecular weight is 753 g/mol. The third-order valence-electron chi connectivity index (χ3n) is 9.27. The number of amides is 3. The Hall–Kier alpha value is -3.95. The molecule has 5 N–H and O–H groups in total. The molecule has 5 atom stereocenters. The summed E-state index contributed by atoms with van der Waals surface area (Å²) in [6.07, 6.45) is 1.08. The molecule has 2 aromatic heterocycles. The number of aliphatic carboxylic acids is 2. The van der Waals surface area contributed by atoms with E-state index in [1.165, 1.54) is 31.0 Å². The normalized spacial score (nSPS) is 25.8. The number of thioether (sulfide) groups is 1. The van der Waals surface area contributed by atoms with E-state index in [0.717, 1.165) is 28.5 Å². The number of carbonyl (C=O) groups is 5. The number of anilines is 1. The van der Waals surface area contributed by atoms with Gasteiger partial charge in [-0.1, -0.05) is 5.16 Å². The molecule has 21 heteroatoms. The summed E-state index contributed by atoms with van der Waals surface area (Å²) in [6.45, 7) is 4.85. The third-order valence-corrected chi connectivity index (χ3v) is 11.3. The van der Waals surface area contributed by atoms with E-state index in [4.69, 9.17) is 10.6 Å². The Morgan fingerprint density at radius 1 is 1.22 bits per heavy atom. The molecule has 0 radical (unpaired) electrons. The zero-order valence-electron chi connectivity index (χ0n) is 28.0. The van der Waals surface area contributed by atoms with Crippen molar-refractivity contribution < 1.29 is 78.2 Å². The maximum Gasteiger partial charge on any atom is 1.00 e. The van der Waals surface area contributed by atoms with E-state index in [-0.39, 0.29) is 75.3 Å². The van der Waals surface area contributed by atoms with Crippen molar-refractivity contribution in [3.8, 4) is 5.75 Å². The first kappa shape index (κ1) is 38.3. The van der Waals surface area contributed by atoms with Crippen molar-refractivity contribution in [3.63, 3.8) is 0 Å². The number of fused-ring (bicyclic) bond motifs is 2. The van der Waals surface area contributed by atoms with E-state index < -0.39 is 57.7 Å². The topological polar surface area (TPSA) is 264 Å². The quantitative estimate of drug-likeness (QED) is 0.0580. The molecule has 2 aromatic rings. The van der Waals surface area contributed by atoms with Crippen molar-refractivity contribution in [3.05, 3.63) is 50.5 Å². The number of aromatic nitrogens is 2. The molecular formula is C30H33N8NaO10S2. The van der Waals surface area contributed by atoms with Gasteiger partial charge in [-0.15, -0.1) is 23.1 Å². The molecule has 1 unspecified atom stereocenters. The van der Waals surface area contributed by atoms with E-state index in [0.29, 0.717) is 42.8 Å². The molecule has 4 aliphatic heterocycles. The van der Waals surface area contributed by atoms with Crippen molar-refractivity contribution in [1.82, 2.24) is 25.1 Å². The summed E-state index contributed by atoms with van der Waals surface area (Å²) in [5, 5.41) is 40.3. The fraction of sp³-hybridized carbons (Fsp3) is 0.467. The summed E-state index contributed by atoms with van der Waals surface area (Å²) in [7, 11) is 2.00. The van der Waals surface area contributed by atoms with Crippen LogP contribution in [-0.2, 0) is 24.0 Å². The zero-order chi connectivity index (χ0) is 36.3. The number of carboxylic acid groups (broad SMARTS) is 2. The Balaban J connectivity index is 0.00000504. The van der Waals surface area contributed by atoms with Gasteiger partial charge in [0.05, 0.1) is 37.8 Å². The summed E-state index contributed by atoms with van der Waals surface area (Å²) >= 11 is 2.27. The van der Waals surface area contributed by atoms with E-state index in [9.17, 15) is 44.1 Å². The molecular weight excluding hydrogens is 720 g/mol. The maximum absolute atomic E-state index is 13.4. The largest absolute Gasteiger partial charge is 1.00 e. The maximum atomic E-state index is 13.4. The van der Waals surface area contributed by atoms with E-state index in [1.807, 2.05) is 7.05 Å². The summed E-state index contributed by atoms with van der Waals surface area (Å²) < 4.78 is 0.478. The molecule has 3 fully saturated rings. The zero-order valence-corrected chi connectivity index (χ0v) is 31.7. The number of carbonyl (C=O) groups excluding carboxylic acids is 5. The number of aromatic amines is 1. The van der Waals surface area contributed by atoms with Crippen LogP contribution in [-0.4, -0.2) is 127 Å². The molecule has 0 aromatic carbocycles. The van der Waals surface area contributed by atoms with Gasteiger partial charge in [0.1, 0.15) is 29.3 Å². The molecule has 18 nitrogen and oxygen atoms in total. The van der Waals surface area contributed by atoms with E-state index in [2.05, 4.69) is 20.4 Å². The predicted molar refractivity (Wildman–Crippen MR) is 173 cm³/mol. The molecule has 0 spiro atoms.